The summed E-state index contributed by atoms with van der Waals surface area (Å²) >= 11 is 0. The van der Waals surface area contributed by atoms with Gasteiger partial charge in [0.05, 0.1) is 5.52 Å². The Bertz CT molecular complexity index is 791. The standard InChI is InChI=1S/C17H17N3O/c1-12-16(19-13(2)21)6-5-15-9-14(10-18-17(12)15)11-20-7-3-4-8-20/h3-10H,11H2,1-2H3,(H,19,21). The zero-order chi connectivity index (χ0) is 14.8. The van der Waals surface area contributed by atoms with Crippen LogP contribution in [-0.4, -0.2) is 15.5 Å². The molecule has 0 spiro atoms. The maximum atomic E-state index is 11.2. The Labute approximate surface area is 123 Å². The molecule has 21 heavy (non-hydrogen) atoms. The van der Waals surface area contributed by atoms with Gasteiger partial charge in [-0.25, -0.2) is 0 Å². The first-order chi connectivity index (χ1) is 10.1. The van der Waals surface area contributed by atoms with Crippen molar-refractivity contribution in [3.05, 3.63) is 60.0 Å². The molecule has 2 aromatic heterocycles. The Balaban J connectivity index is 1.97. The number of nitrogens with one attached hydrogen (secondary N) is 1. The molecule has 0 saturated heterocycles. The summed E-state index contributed by atoms with van der Waals surface area (Å²) in [5.74, 6) is -0.0679. The van der Waals surface area contributed by atoms with Crippen molar-refractivity contribution >= 4 is 22.5 Å². The minimum atomic E-state index is -0.0679. The van der Waals surface area contributed by atoms with Crippen LogP contribution in [-0.2, 0) is 11.3 Å². The quantitative estimate of drug-likeness (QED) is 0.799. The van der Waals surface area contributed by atoms with Crippen molar-refractivity contribution in [1.82, 2.24) is 9.55 Å². The number of amides is 1. The first-order valence-corrected chi connectivity index (χ1v) is 6.90. The monoisotopic (exact) mass is 279 g/mol. The summed E-state index contributed by atoms with van der Waals surface area (Å²) < 4.78 is 2.11. The molecule has 0 fully saturated rings. The second-order valence-electron chi connectivity index (χ2n) is 5.19. The van der Waals surface area contributed by atoms with Crippen molar-refractivity contribution in [2.75, 3.05) is 5.32 Å². The topological polar surface area (TPSA) is 46.9 Å². The molecule has 0 saturated carbocycles. The number of aryl methyl sites for hydroxylation is 1. The van der Waals surface area contributed by atoms with Gasteiger partial charge in [-0.1, -0.05) is 6.07 Å². The summed E-state index contributed by atoms with van der Waals surface area (Å²) in [4.78, 5) is 15.8. The molecule has 4 nitrogen and oxygen atoms in total. The van der Waals surface area contributed by atoms with Gasteiger partial charge in [-0.15, -0.1) is 0 Å². The fourth-order valence-electron chi connectivity index (χ4n) is 2.49. The molecule has 0 aliphatic heterocycles. The number of carbonyl (C=O) groups is 1. The van der Waals surface area contributed by atoms with Gasteiger partial charge in [0.2, 0.25) is 5.91 Å². The number of nitrogens with zero attached hydrogens (tertiary/aromatic N) is 2. The molecule has 0 bridgehead atoms. The molecule has 0 aliphatic rings. The van der Waals surface area contributed by atoms with Gasteiger partial charge < -0.3 is 9.88 Å². The molecular formula is C17H17N3O. The number of fused-ring (bicyclic) bond motifs is 1. The van der Waals surface area contributed by atoms with Gasteiger partial charge >= 0.3 is 0 Å². The molecule has 1 aromatic carbocycles. The third kappa shape index (κ3) is 2.79. The van der Waals surface area contributed by atoms with E-state index in [4.69, 9.17) is 0 Å². The van der Waals surface area contributed by atoms with Crippen molar-refractivity contribution in [2.24, 2.45) is 0 Å². The van der Waals surface area contributed by atoms with Crippen molar-refractivity contribution in [3.63, 3.8) is 0 Å². The van der Waals surface area contributed by atoms with Crippen LogP contribution in [0.2, 0.25) is 0 Å². The van der Waals surface area contributed by atoms with Crippen molar-refractivity contribution in [3.8, 4) is 0 Å². The van der Waals surface area contributed by atoms with Gasteiger partial charge in [0.25, 0.3) is 0 Å². The number of pyridine rings is 1. The van der Waals surface area contributed by atoms with Gasteiger partial charge in [-0.05, 0) is 42.3 Å². The fourth-order valence-corrected chi connectivity index (χ4v) is 2.49. The average molecular weight is 279 g/mol. The third-order valence-electron chi connectivity index (χ3n) is 3.50. The van der Waals surface area contributed by atoms with Crippen LogP contribution < -0.4 is 5.32 Å². The summed E-state index contributed by atoms with van der Waals surface area (Å²) in [6.45, 7) is 4.30. The largest absolute Gasteiger partial charge is 0.350 e. The zero-order valence-corrected chi connectivity index (χ0v) is 12.1. The Morgan fingerprint density at radius 2 is 2.05 bits per heavy atom. The van der Waals surface area contributed by atoms with Gasteiger partial charge in [-0.3, -0.25) is 9.78 Å². The predicted molar refractivity (Wildman–Crippen MR) is 84.3 cm³/mol. The lowest BCUT2D eigenvalue weighted by atomic mass is 10.1. The number of rotatable bonds is 3. The van der Waals surface area contributed by atoms with Crippen LogP contribution in [0, 0.1) is 6.92 Å². The van der Waals surface area contributed by atoms with Crippen LogP contribution in [0.5, 0.6) is 0 Å². The molecule has 0 unspecified atom stereocenters. The Morgan fingerprint density at radius 3 is 2.76 bits per heavy atom. The van der Waals surface area contributed by atoms with E-state index in [0.717, 1.165) is 34.3 Å². The number of benzene rings is 1. The predicted octanol–water partition coefficient (Wildman–Crippen LogP) is 3.35. The van der Waals surface area contributed by atoms with E-state index in [1.165, 1.54) is 6.92 Å². The summed E-state index contributed by atoms with van der Waals surface area (Å²) in [5.41, 5.74) is 3.90. The number of hydrogen-bond acceptors (Lipinski definition) is 2. The van der Waals surface area contributed by atoms with E-state index < -0.39 is 0 Å². The van der Waals surface area contributed by atoms with E-state index in [1.807, 2.05) is 49.8 Å². The van der Waals surface area contributed by atoms with Crippen LogP contribution in [0.4, 0.5) is 5.69 Å². The van der Waals surface area contributed by atoms with Crippen molar-refractivity contribution < 1.29 is 4.79 Å². The van der Waals surface area contributed by atoms with Gasteiger partial charge in [0, 0.05) is 43.1 Å². The smallest absolute Gasteiger partial charge is 0.221 e. The van der Waals surface area contributed by atoms with E-state index in [2.05, 4.69) is 20.9 Å². The Kier molecular flexibility index (Phi) is 3.44. The number of carbonyl (C=O) groups excluding carboxylic acids is 1. The van der Waals surface area contributed by atoms with Gasteiger partial charge in [0.1, 0.15) is 0 Å². The normalized spacial score (nSPS) is 10.8. The van der Waals surface area contributed by atoms with E-state index in [0.29, 0.717) is 0 Å². The average Bonchev–Trinajstić information content (AvgIpc) is 2.94. The molecule has 106 valence electrons. The van der Waals surface area contributed by atoms with E-state index in [1.54, 1.807) is 0 Å². The fraction of sp³-hybridized carbons (Fsp3) is 0.176. The molecule has 0 aliphatic carbocycles. The summed E-state index contributed by atoms with van der Waals surface area (Å²) in [6.07, 6.45) is 5.97. The second-order valence-corrected chi connectivity index (χ2v) is 5.19. The second kappa shape index (κ2) is 5.40. The van der Waals surface area contributed by atoms with Crippen LogP contribution in [0.15, 0.2) is 48.9 Å². The summed E-state index contributed by atoms with van der Waals surface area (Å²) in [6, 6.07) is 10.1. The zero-order valence-electron chi connectivity index (χ0n) is 12.1. The third-order valence-corrected chi connectivity index (χ3v) is 3.50. The lowest BCUT2D eigenvalue weighted by molar-refractivity contribution is -0.114. The Hall–Kier alpha value is -2.62. The molecule has 4 heteroatoms. The highest BCUT2D eigenvalue weighted by molar-refractivity contribution is 5.94. The number of anilines is 1. The van der Waals surface area contributed by atoms with Crippen LogP contribution in [0.3, 0.4) is 0 Å². The van der Waals surface area contributed by atoms with Gasteiger partial charge in [0.15, 0.2) is 0 Å². The molecule has 3 aromatic rings. The van der Waals surface area contributed by atoms with Crippen LogP contribution >= 0.6 is 0 Å². The first-order valence-electron chi connectivity index (χ1n) is 6.90. The lowest BCUT2D eigenvalue weighted by Crippen LogP contribution is -2.07. The first kappa shape index (κ1) is 13.4. The van der Waals surface area contributed by atoms with Crippen LogP contribution in [0.25, 0.3) is 10.9 Å². The molecule has 0 radical (unpaired) electrons. The summed E-state index contributed by atoms with van der Waals surface area (Å²) in [5, 5.41) is 3.92. The Morgan fingerprint density at radius 1 is 1.29 bits per heavy atom. The van der Waals surface area contributed by atoms with E-state index in [9.17, 15) is 4.79 Å². The highest BCUT2D eigenvalue weighted by Gasteiger charge is 2.07. The maximum absolute atomic E-state index is 11.2. The van der Waals surface area contributed by atoms with Crippen molar-refractivity contribution in [1.29, 1.82) is 0 Å². The van der Waals surface area contributed by atoms with Crippen LogP contribution in [0.1, 0.15) is 18.1 Å². The minimum absolute atomic E-state index is 0.0679. The number of aromatic nitrogens is 2. The molecular weight excluding hydrogens is 262 g/mol. The lowest BCUT2D eigenvalue weighted by Gasteiger charge is -2.10. The highest BCUT2D eigenvalue weighted by Crippen LogP contribution is 2.24. The molecule has 2 heterocycles. The SMILES string of the molecule is CC(=O)Nc1ccc2cc(Cn3cccc3)cnc2c1C. The minimum Gasteiger partial charge on any atom is -0.350 e. The number of hydrogen-bond donors (Lipinski definition) is 1. The highest BCUT2D eigenvalue weighted by atomic mass is 16.1. The molecule has 3 rings (SSSR count). The molecule has 0 atom stereocenters. The molecule has 1 amide bonds. The van der Waals surface area contributed by atoms with Gasteiger partial charge in [-0.2, -0.15) is 0 Å². The van der Waals surface area contributed by atoms with E-state index in [-0.39, 0.29) is 5.91 Å². The summed E-state index contributed by atoms with van der Waals surface area (Å²) in [7, 11) is 0. The van der Waals surface area contributed by atoms with Crippen molar-refractivity contribution in [2.45, 2.75) is 20.4 Å². The van der Waals surface area contributed by atoms with E-state index >= 15 is 0 Å². The molecule has 1 N–H and O–H groups in total. The maximum Gasteiger partial charge on any atom is 0.221 e.